The quantitative estimate of drug-likeness (QED) is 0.436. The first-order valence-corrected chi connectivity index (χ1v) is 10.7. The monoisotopic (exact) mass is 459 g/mol. The number of hydrogen-bond donors (Lipinski definition) is 3. The molecule has 0 atom stereocenters. The molecule has 3 N–H and O–H groups in total. The lowest BCUT2D eigenvalue weighted by atomic mass is 9.97. The number of carboxylic acid groups (broad SMARTS) is 1. The van der Waals surface area contributed by atoms with Crippen molar-refractivity contribution in [2.75, 3.05) is 36.4 Å². The van der Waals surface area contributed by atoms with E-state index in [1.54, 1.807) is 12.3 Å². The van der Waals surface area contributed by atoms with Crippen LogP contribution in [0, 0.1) is 11.7 Å². The van der Waals surface area contributed by atoms with Crippen molar-refractivity contribution < 1.29 is 14.3 Å². The summed E-state index contributed by atoms with van der Waals surface area (Å²) in [4.78, 5) is 30.4. The van der Waals surface area contributed by atoms with Crippen LogP contribution in [0.2, 0.25) is 5.02 Å². The fourth-order valence-electron chi connectivity index (χ4n) is 3.64. The number of aromatic nitrogens is 4. The molecule has 0 amide bonds. The molecule has 9 nitrogen and oxygen atoms in total. The Labute approximate surface area is 189 Å². The van der Waals surface area contributed by atoms with Crippen LogP contribution in [-0.2, 0) is 4.79 Å². The second kappa shape index (κ2) is 10.0. The molecular weight excluding hydrogens is 437 g/mol. The van der Waals surface area contributed by atoms with Crippen molar-refractivity contribution in [3.05, 3.63) is 41.6 Å². The van der Waals surface area contributed by atoms with Crippen molar-refractivity contribution in [1.29, 1.82) is 0 Å². The molecule has 0 saturated carbocycles. The third-order valence-corrected chi connectivity index (χ3v) is 5.68. The summed E-state index contributed by atoms with van der Waals surface area (Å²) in [6, 6.07) is 4.35. The summed E-state index contributed by atoms with van der Waals surface area (Å²) in [5.41, 5.74) is 1.75. The van der Waals surface area contributed by atoms with Gasteiger partial charge in [-0.15, -0.1) is 0 Å². The molecule has 32 heavy (non-hydrogen) atoms. The maximum atomic E-state index is 13.5. The second-order valence-corrected chi connectivity index (χ2v) is 8.07. The van der Waals surface area contributed by atoms with Gasteiger partial charge in [-0.1, -0.05) is 11.6 Å². The van der Waals surface area contributed by atoms with Gasteiger partial charge in [-0.2, -0.15) is 0 Å². The Kier molecular flexibility index (Phi) is 6.91. The van der Waals surface area contributed by atoms with Crippen LogP contribution >= 0.6 is 11.6 Å². The van der Waals surface area contributed by atoms with E-state index in [4.69, 9.17) is 21.7 Å². The Morgan fingerprint density at radius 2 is 2.06 bits per heavy atom. The minimum atomic E-state index is -0.791. The van der Waals surface area contributed by atoms with Gasteiger partial charge < -0.3 is 20.6 Å². The number of hydrogen-bond acceptors (Lipinski definition) is 8. The van der Waals surface area contributed by atoms with Crippen LogP contribution in [0.1, 0.15) is 19.3 Å². The highest BCUT2D eigenvalue weighted by Gasteiger charge is 2.21. The number of anilines is 3. The topological polar surface area (TPSA) is 116 Å². The number of fused-ring (bicyclic) bond motifs is 1. The van der Waals surface area contributed by atoms with Gasteiger partial charge in [0.15, 0.2) is 5.82 Å². The second-order valence-electron chi connectivity index (χ2n) is 7.66. The van der Waals surface area contributed by atoms with Crippen LogP contribution < -0.4 is 15.5 Å². The van der Waals surface area contributed by atoms with Gasteiger partial charge >= 0.3 is 5.97 Å². The van der Waals surface area contributed by atoms with E-state index in [1.165, 1.54) is 18.5 Å². The molecule has 1 aromatic carbocycles. The summed E-state index contributed by atoms with van der Waals surface area (Å²) in [5.74, 6) is 0.295. The lowest BCUT2D eigenvalue weighted by Crippen LogP contribution is -2.38. The van der Waals surface area contributed by atoms with Crippen LogP contribution in [0.3, 0.4) is 0 Å². The average Bonchev–Trinajstić information content (AvgIpc) is 2.79. The Morgan fingerprint density at radius 3 is 2.81 bits per heavy atom. The number of carbonyl (C=O) groups is 1. The SMILES string of the molecule is O=C(O)CCNCC1CCN(c2ncc3ncnc(Nc4ccc(F)c(Cl)c4)c3n2)CC1. The number of halogens is 2. The molecular formula is C21H23ClFN7O2. The van der Waals surface area contributed by atoms with Crippen molar-refractivity contribution in [1.82, 2.24) is 25.3 Å². The van der Waals surface area contributed by atoms with E-state index in [2.05, 4.69) is 30.5 Å². The number of carboxylic acids is 1. The van der Waals surface area contributed by atoms with Gasteiger partial charge in [0.25, 0.3) is 0 Å². The first-order valence-electron chi connectivity index (χ1n) is 10.4. The van der Waals surface area contributed by atoms with E-state index in [0.717, 1.165) is 32.5 Å². The maximum Gasteiger partial charge on any atom is 0.304 e. The van der Waals surface area contributed by atoms with Crippen LogP contribution in [0.5, 0.6) is 0 Å². The molecule has 11 heteroatoms. The van der Waals surface area contributed by atoms with Gasteiger partial charge in [0, 0.05) is 25.3 Å². The van der Waals surface area contributed by atoms with Crippen LogP contribution in [0.15, 0.2) is 30.7 Å². The first-order chi connectivity index (χ1) is 15.5. The number of rotatable bonds is 8. The van der Waals surface area contributed by atoms with Gasteiger partial charge in [0.05, 0.1) is 17.6 Å². The van der Waals surface area contributed by atoms with E-state index >= 15 is 0 Å². The zero-order valence-corrected chi connectivity index (χ0v) is 18.0. The van der Waals surface area contributed by atoms with E-state index in [1.807, 2.05) is 0 Å². The summed E-state index contributed by atoms with van der Waals surface area (Å²) < 4.78 is 13.5. The van der Waals surface area contributed by atoms with E-state index < -0.39 is 11.8 Å². The molecule has 0 aliphatic carbocycles. The Balaban J connectivity index is 1.44. The maximum absolute atomic E-state index is 13.5. The van der Waals surface area contributed by atoms with Gasteiger partial charge in [0.1, 0.15) is 23.2 Å². The molecule has 0 bridgehead atoms. The molecule has 3 heterocycles. The molecule has 1 fully saturated rings. The summed E-state index contributed by atoms with van der Waals surface area (Å²) in [6.45, 7) is 2.90. The largest absolute Gasteiger partial charge is 0.481 e. The fraction of sp³-hybridized carbons (Fsp3) is 0.381. The highest BCUT2D eigenvalue weighted by atomic mass is 35.5. The molecule has 1 saturated heterocycles. The van der Waals surface area contributed by atoms with E-state index in [9.17, 15) is 9.18 Å². The zero-order chi connectivity index (χ0) is 22.5. The van der Waals surface area contributed by atoms with Gasteiger partial charge in [-0.3, -0.25) is 4.79 Å². The number of aliphatic carboxylic acids is 1. The van der Waals surface area contributed by atoms with Crippen molar-refractivity contribution in [3.63, 3.8) is 0 Å². The zero-order valence-electron chi connectivity index (χ0n) is 17.3. The molecule has 1 aliphatic heterocycles. The minimum Gasteiger partial charge on any atom is -0.481 e. The van der Waals surface area contributed by atoms with Gasteiger partial charge in [-0.05, 0) is 43.5 Å². The lowest BCUT2D eigenvalue weighted by Gasteiger charge is -2.32. The minimum absolute atomic E-state index is 0.0176. The smallest absolute Gasteiger partial charge is 0.304 e. The molecule has 3 aromatic rings. The summed E-state index contributed by atoms with van der Waals surface area (Å²) in [5, 5.41) is 15.1. The third kappa shape index (κ3) is 5.38. The molecule has 1 aliphatic rings. The van der Waals surface area contributed by atoms with Crippen molar-refractivity contribution in [3.8, 4) is 0 Å². The summed E-state index contributed by atoms with van der Waals surface area (Å²) in [6.07, 6.45) is 5.15. The predicted octanol–water partition coefficient (Wildman–Crippen LogP) is 3.24. The number of nitrogens with zero attached hydrogens (tertiary/aromatic N) is 5. The number of nitrogens with one attached hydrogen (secondary N) is 2. The Hall–Kier alpha value is -3.11. The molecule has 0 radical (unpaired) electrons. The highest BCUT2D eigenvalue weighted by Crippen LogP contribution is 2.27. The normalized spacial score (nSPS) is 14.6. The Bertz CT molecular complexity index is 1110. The highest BCUT2D eigenvalue weighted by molar-refractivity contribution is 6.31. The lowest BCUT2D eigenvalue weighted by molar-refractivity contribution is -0.136. The van der Waals surface area contributed by atoms with E-state index in [0.29, 0.717) is 40.9 Å². The summed E-state index contributed by atoms with van der Waals surface area (Å²) >= 11 is 5.88. The first kappa shape index (κ1) is 22.1. The van der Waals surface area contributed by atoms with Crippen LogP contribution in [0.25, 0.3) is 11.0 Å². The number of piperidine rings is 1. The predicted molar refractivity (Wildman–Crippen MR) is 120 cm³/mol. The van der Waals surface area contributed by atoms with Gasteiger partial charge in [0.2, 0.25) is 5.95 Å². The summed E-state index contributed by atoms with van der Waals surface area (Å²) in [7, 11) is 0. The van der Waals surface area contributed by atoms with Gasteiger partial charge in [-0.25, -0.2) is 24.3 Å². The molecule has 4 rings (SSSR count). The fourth-order valence-corrected chi connectivity index (χ4v) is 3.82. The molecule has 2 aromatic heterocycles. The van der Waals surface area contributed by atoms with E-state index in [-0.39, 0.29) is 11.4 Å². The average molecular weight is 460 g/mol. The van der Waals surface area contributed by atoms with Crippen molar-refractivity contribution in [2.45, 2.75) is 19.3 Å². The standard InChI is InChI=1S/C21H23ClFN7O2/c22-15-9-14(1-2-16(15)23)28-20-19-17(26-12-27-20)11-25-21(29-19)30-7-4-13(5-8-30)10-24-6-3-18(31)32/h1-2,9,11-13,24H,3-8,10H2,(H,31,32)(H,26,27,28). The molecule has 0 unspecified atom stereocenters. The van der Waals surface area contributed by atoms with Crippen LogP contribution in [0.4, 0.5) is 21.8 Å². The van der Waals surface area contributed by atoms with Crippen molar-refractivity contribution in [2.24, 2.45) is 5.92 Å². The Morgan fingerprint density at radius 1 is 1.25 bits per heavy atom. The molecule has 0 spiro atoms. The third-order valence-electron chi connectivity index (χ3n) is 5.39. The number of benzene rings is 1. The van der Waals surface area contributed by atoms with Crippen molar-refractivity contribution >= 4 is 46.1 Å². The van der Waals surface area contributed by atoms with Crippen LogP contribution in [-0.4, -0.2) is 57.2 Å². The molecule has 168 valence electrons.